The molecule has 0 N–H and O–H groups in total. The summed E-state index contributed by atoms with van der Waals surface area (Å²) in [6, 6.07) is 20.1. The number of hydrogen-bond donors (Lipinski definition) is 0. The fourth-order valence-electron chi connectivity index (χ4n) is 3.43. The standard InChI is InChI=1S/C27H38N2O4/c1-22(2)32-25(30)20-28(18-23-12-8-6-9-13-23)16-17-29(19-24-14-10-7-11-15-24)21-26(31)33-27(3,4)5/h6-15,22H,16-21H2,1-5H3. The minimum atomic E-state index is -0.532. The fourth-order valence-corrected chi connectivity index (χ4v) is 3.43. The molecular weight excluding hydrogens is 416 g/mol. The van der Waals surface area contributed by atoms with Gasteiger partial charge in [0.05, 0.1) is 19.2 Å². The van der Waals surface area contributed by atoms with E-state index in [0.29, 0.717) is 26.2 Å². The second-order valence-corrected chi connectivity index (χ2v) is 9.52. The molecule has 33 heavy (non-hydrogen) atoms. The lowest BCUT2D eigenvalue weighted by Crippen LogP contribution is -2.41. The molecule has 0 aliphatic carbocycles. The SMILES string of the molecule is CC(C)OC(=O)CN(CCN(CC(=O)OC(C)(C)C)Cc1ccccc1)Cc1ccccc1. The normalized spacial score (nSPS) is 11.8. The highest BCUT2D eigenvalue weighted by Gasteiger charge is 2.21. The van der Waals surface area contributed by atoms with Gasteiger partial charge in [0, 0.05) is 26.2 Å². The van der Waals surface area contributed by atoms with Gasteiger partial charge in [-0.05, 0) is 45.7 Å². The summed E-state index contributed by atoms with van der Waals surface area (Å²) >= 11 is 0. The summed E-state index contributed by atoms with van der Waals surface area (Å²) in [6.07, 6.45) is -0.155. The van der Waals surface area contributed by atoms with Gasteiger partial charge < -0.3 is 9.47 Å². The summed E-state index contributed by atoms with van der Waals surface area (Å²) in [7, 11) is 0. The van der Waals surface area contributed by atoms with E-state index in [1.54, 1.807) is 0 Å². The van der Waals surface area contributed by atoms with E-state index < -0.39 is 5.60 Å². The summed E-state index contributed by atoms with van der Waals surface area (Å²) in [5, 5.41) is 0. The maximum atomic E-state index is 12.5. The van der Waals surface area contributed by atoms with Crippen molar-refractivity contribution in [2.75, 3.05) is 26.2 Å². The molecule has 0 heterocycles. The number of rotatable bonds is 12. The molecular formula is C27H38N2O4. The summed E-state index contributed by atoms with van der Waals surface area (Å²) in [5.74, 6) is -0.505. The topological polar surface area (TPSA) is 59.1 Å². The van der Waals surface area contributed by atoms with E-state index in [4.69, 9.17) is 9.47 Å². The molecule has 0 saturated carbocycles. The van der Waals surface area contributed by atoms with Crippen LogP contribution in [0.3, 0.4) is 0 Å². The van der Waals surface area contributed by atoms with E-state index in [2.05, 4.69) is 9.80 Å². The zero-order valence-electron chi connectivity index (χ0n) is 20.6. The molecule has 6 nitrogen and oxygen atoms in total. The smallest absolute Gasteiger partial charge is 0.320 e. The first-order valence-electron chi connectivity index (χ1n) is 11.5. The molecule has 2 aromatic rings. The van der Waals surface area contributed by atoms with Crippen LogP contribution in [0.25, 0.3) is 0 Å². The molecule has 0 aromatic heterocycles. The molecule has 0 fully saturated rings. The van der Waals surface area contributed by atoms with E-state index in [-0.39, 0.29) is 31.1 Å². The molecule has 6 heteroatoms. The molecule has 0 atom stereocenters. The Morgan fingerprint density at radius 1 is 0.758 bits per heavy atom. The van der Waals surface area contributed by atoms with Crippen LogP contribution in [0.5, 0.6) is 0 Å². The van der Waals surface area contributed by atoms with Crippen LogP contribution in [-0.4, -0.2) is 59.6 Å². The average Bonchev–Trinajstić information content (AvgIpc) is 2.71. The summed E-state index contributed by atoms with van der Waals surface area (Å²) < 4.78 is 10.9. The Labute approximate surface area is 198 Å². The molecule has 180 valence electrons. The van der Waals surface area contributed by atoms with Crippen LogP contribution in [-0.2, 0) is 32.2 Å². The van der Waals surface area contributed by atoms with Gasteiger partial charge in [-0.1, -0.05) is 60.7 Å². The maximum Gasteiger partial charge on any atom is 0.320 e. The van der Waals surface area contributed by atoms with Crippen molar-refractivity contribution in [2.24, 2.45) is 0 Å². The first kappa shape index (κ1) is 26.6. The molecule has 0 amide bonds. The molecule has 0 unspecified atom stereocenters. The quantitative estimate of drug-likeness (QED) is 0.446. The van der Waals surface area contributed by atoms with E-state index in [1.807, 2.05) is 95.3 Å². The maximum absolute atomic E-state index is 12.5. The Kier molecular flexibility index (Phi) is 10.6. The van der Waals surface area contributed by atoms with Crippen molar-refractivity contribution >= 4 is 11.9 Å². The molecule has 0 radical (unpaired) electrons. The predicted octanol–water partition coefficient (Wildman–Crippen LogP) is 4.28. The second-order valence-electron chi connectivity index (χ2n) is 9.52. The first-order chi connectivity index (χ1) is 15.6. The Hall–Kier alpha value is -2.70. The number of carbonyl (C=O) groups is 2. The van der Waals surface area contributed by atoms with Crippen molar-refractivity contribution < 1.29 is 19.1 Å². The molecule has 0 bridgehead atoms. The molecule has 2 aromatic carbocycles. The Balaban J connectivity index is 2.09. The zero-order valence-corrected chi connectivity index (χ0v) is 20.6. The predicted molar refractivity (Wildman–Crippen MR) is 131 cm³/mol. The number of benzene rings is 2. The van der Waals surface area contributed by atoms with E-state index in [0.717, 1.165) is 11.1 Å². The third-order valence-corrected chi connectivity index (χ3v) is 4.72. The third kappa shape index (κ3) is 11.6. The summed E-state index contributed by atoms with van der Waals surface area (Å²) in [4.78, 5) is 29.0. The van der Waals surface area contributed by atoms with Crippen LogP contribution in [0.4, 0.5) is 0 Å². The van der Waals surface area contributed by atoms with E-state index >= 15 is 0 Å². The van der Waals surface area contributed by atoms with E-state index in [9.17, 15) is 9.59 Å². The first-order valence-corrected chi connectivity index (χ1v) is 11.5. The van der Waals surface area contributed by atoms with Crippen LogP contribution >= 0.6 is 0 Å². The van der Waals surface area contributed by atoms with Gasteiger partial charge in [-0.25, -0.2) is 0 Å². The van der Waals surface area contributed by atoms with E-state index in [1.165, 1.54) is 0 Å². The molecule has 2 rings (SSSR count). The monoisotopic (exact) mass is 454 g/mol. The lowest BCUT2D eigenvalue weighted by molar-refractivity contribution is -0.156. The van der Waals surface area contributed by atoms with Crippen LogP contribution in [0.1, 0.15) is 45.7 Å². The zero-order chi connectivity index (χ0) is 24.3. The van der Waals surface area contributed by atoms with Crippen LogP contribution < -0.4 is 0 Å². The van der Waals surface area contributed by atoms with Gasteiger partial charge in [0.2, 0.25) is 0 Å². The van der Waals surface area contributed by atoms with Crippen LogP contribution in [0, 0.1) is 0 Å². The lowest BCUT2D eigenvalue weighted by Gasteiger charge is -2.28. The van der Waals surface area contributed by atoms with Gasteiger partial charge >= 0.3 is 11.9 Å². The minimum Gasteiger partial charge on any atom is -0.462 e. The van der Waals surface area contributed by atoms with Gasteiger partial charge in [0.1, 0.15) is 5.60 Å². The Morgan fingerprint density at radius 2 is 1.18 bits per heavy atom. The number of carbonyl (C=O) groups excluding carboxylic acids is 2. The van der Waals surface area contributed by atoms with Crippen LogP contribution in [0.2, 0.25) is 0 Å². The van der Waals surface area contributed by atoms with Crippen molar-refractivity contribution in [3.8, 4) is 0 Å². The summed E-state index contributed by atoms with van der Waals surface area (Å²) in [6.45, 7) is 12.1. The highest BCUT2D eigenvalue weighted by molar-refractivity contribution is 5.72. The fraction of sp³-hybridized carbons (Fsp3) is 0.481. The highest BCUT2D eigenvalue weighted by atomic mass is 16.6. The molecule has 0 aliphatic heterocycles. The lowest BCUT2D eigenvalue weighted by atomic mass is 10.2. The summed E-state index contributed by atoms with van der Waals surface area (Å²) in [5.41, 5.74) is 1.71. The van der Waals surface area contributed by atoms with Crippen molar-refractivity contribution in [1.29, 1.82) is 0 Å². The number of nitrogens with zero attached hydrogens (tertiary/aromatic N) is 2. The third-order valence-electron chi connectivity index (χ3n) is 4.72. The Bertz CT molecular complexity index is 847. The van der Waals surface area contributed by atoms with Crippen molar-refractivity contribution in [3.63, 3.8) is 0 Å². The van der Waals surface area contributed by atoms with Gasteiger partial charge in [0.15, 0.2) is 0 Å². The molecule has 0 aliphatic rings. The number of hydrogen-bond acceptors (Lipinski definition) is 6. The average molecular weight is 455 g/mol. The second kappa shape index (κ2) is 13.1. The van der Waals surface area contributed by atoms with Gasteiger partial charge in [0.25, 0.3) is 0 Å². The minimum absolute atomic E-state index is 0.155. The highest BCUT2D eigenvalue weighted by Crippen LogP contribution is 2.11. The number of ether oxygens (including phenoxy) is 2. The van der Waals surface area contributed by atoms with Gasteiger partial charge in [-0.15, -0.1) is 0 Å². The Morgan fingerprint density at radius 3 is 1.58 bits per heavy atom. The van der Waals surface area contributed by atoms with Crippen LogP contribution in [0.15, 0.2) is 60.7 Å². The molecule has 0 saturated heterocycles. The van der Waals surface area contributed by atoms with Crippen molar-refractivity contribution in [1.82, 2.24) is 9.80 Å². The van der Waals surface area contributed by atoms with Gasteiger partial charge in [-0.2, -0.15) is 0 Å². The van der Waals surface area contributed by atoms with Crippen molar-refractivity contribution in [2.45, 2.75) is 59.4 Å². The number of esters is 2. The van der Waals surface area contributed by atoms with Crippen molar-refractivity contribution in [3.05, 3.63) is 71.8 Å². The van der Waals surface area contributed by atoms with Gasteiger partial charge in [-0.3, -0.25) is 19.4 Å². The largest absolute Gasteiger partial charge is 0.462 e. The molecule has 0 spiro atoms.